The summed E-state index contributed by atoms with van der Waals surface area (Å²) in [6.45, 7) is 0.403. The number of pyridine rings is 1. The van der Waals surface area contributed by atoms with Gasteiger partial charge in [0, 0.05) is 24.0 Å². The van der Waals surface area contributed by atoms with Crippen LogP contribution in [0.25, 0.3) is 0 Å². The van der Waals surface area contributed by atoms with E-state index in [1.807, 2.05) is 18.2 Å². The highest BCUT2D eigenvalue weighted by Crippen LogP contribution is 2.46. The lowest BCUT2D eigenvalue weighted by Gasteiger charge is -2.20. The first kappa shape index (κ1) is 15.4. The lowest BCUT2D eigenvalue weighted by molar-refractivity contribution is -0.120. The van der Waals surface area contributed by atoms with Crippen molar-refractivity contribution in [1.29, 1.82) is 0 Å². The number of aliphatic hydroxyl groups excluding tert-OH is 1. The summed E-state index contributed by atoms with van der Waals surface area (Å²) in [7, 11) is 0. The summed E-state index contributed by atoms with van der Waals surface area (Å²) in [5.41, 5.74) is 3.72. The summed E-state index contributed by atoms with van der Waals surface area (Å²) in [4.78, 5) is 16.9. The van der Waals surface area contributed by atoms with Crippen LogP contribution in [0.4, 0.5) is 11.5 Å². The summed E-state index contributed by atoms with van der Waals surface area (Å²) in [5.74, 6) is 0.906. The van der Waals surface area contributed by atoms with Gasteiger partial charge in [-0.2, -0.15) is 0 Å². The van der Waals surface area contributed by atoms with Gasteiger partial charge in [-0.3, -0.25) is 4.79 Å². The second-order valence-electron chi connectivity index (χ2n) is 6.46. The number of aliphatic hydroxyl groups is 1. The Kier molecular flexibility index (Phi) is 3.70. The third-order valence-electron chi connectivity index (χ3n) is 4.90. The highest BCUT2D eigenvalue weighted by atomic mass is 35.5. The molecule has 3 N–H and O–H groups in total. The number of amides is 1. The van der Waals surface area contributed by atoms with Crippen LogP contribution >= 0.6 is 11.6 Å². The molecule has 24 heavy (non-hydrogen) atoms. The van der Waals surface area contributed by atoms with Gasteiger partial charge < -0.3 is 15.7 Å². The van der Waals surface area contributed by atoms with Crippen molar-refractivity contribution < 1.29 is 9.90 Å². The summed E-state index contributed by atoms with van der Waals surface area (Å²) >= 11 is 5.62. The molecular weight excluding hydrogens is 326 g/mol. The van der Waals surface area contributed by atoms with E-state index in [-0.39, 0.29) is 11.8 Å². The molecule has 124 valence electrons. The topological polar surface area (TPSA) is 74.2 Å². The fraction of sp³-hybridized carbons (Fsp3) is 0.333. The van der Waals surface area contributed by atoms with Crippen molar-refractivity contribution in [3.63, 3.8) is 0 Å². The van der Waals surface area contributed by atoms with E-state index in [0.717, 1.165) is 16.8 Å². The zero-order chi connectivity index (χ0) is 16.7. The number of aromatic nitrogens is 1. The Hall–Kier alpha value is -2.11. The molecular formula is C18H18ClN3O2. The summed E-state index contributed by atoms with van der Waals surface area (Å²) in [6.07, 6.45) is 2.48. The molecule has 1 aliphatic carbocycles. The lowest BCUT2D eigenvalue weighted by Crippen LogP contribution is -2.35. The number of carbonyl (C=O) groups excluding carboxylic acids is 1. The molecule has 5 nitrogen and oxygen atoms in total. The molecule has 2 heterocycles. The number of benzene rings is 1. The highest BCUT2D eigenvalue weighted by molar-refractivity contribution is 6.18. The van der Waals surface area contributed by atoms with Crippen LogP contribution in [-0.4, -0.2) is 34.5 Å². The SMILES string of the molecule is O=C1Nc2ncccc2C12Cc1ccc(NCC(O)CCl)cc1C2. The Labute approximate surface area is 145 Å². The molecule has 1 aromatic heterocycles. The molecule has 4 rings (SSSR count). The van der Waals surface area contributed by atoms with E-state index < -0.39 is 11.5 Å². The van der Waals surface area contributed by atoms with Crippen LogP contribution in [0, 0.1) is 0 Å². The Bertz CT molecular complexity index is 811. The monoisotopic (exact) mass is 343 g/mol. The van der Waals surface area contributed by atoms with Crippen molar-refractivity contribution in [2.45, 2.75) is 24.4 Å². The van der Waals surface area contributed by atoms with Crippen LogP contribution in [0.2, 0.25) is 0 Å². The molecule has 0 radical (unpaired) electrons. The molecule has 1 spiro atoms. The van der Waals surface area contributed by atoms with E-state index in [0.29, 0.717) is 25.2 Å². The number of halogens is 1. The maximum atomic E-state index is 12.6. The summed E-state index contributed by atoms with van der Waals surface area (Å²) in [6, 6.07) is 9.97. The molecule has 0 saturated carbocycles. The molecule has 2 aromatic rings. The van der Waals surface area contributed by atoms with E-state index in [1.165, 1.54) is 5.56 Å². The van der Waals surface area contributed by atoms with Gasteiger partial charge in [-0.1, -0.05) is 12.1 Å². The first-order valence-electron chi connectivity index (χ1n) is 7.99. The number of nitrogens with one attached hydrogen (secondary N) is 2. The van der Waals surface area contributed by atoms with Gasteiger partial charge >= 0.3 is 0 Å². The smallest absolute Gasteiger partial charge is 0.237 e. The van der Waals surface area contributed by atoms with Gasteiger partial charge in [-0.25, -0.2) is 4.98 Å². The quantitative estimate of drug-likeness (QED) is 0.743. The highest BCUT2D eigenvalue weighted by Gasteiger charge is 2.50. The molecule has 1 amide bonds. The minimum atomic E-state index is -0.579. The Morgan fingerprint density at radius 3 is 3.00 bits per heavy atom. The van der Waals surface area contributed by atoms with Crippen LogP contribution in [0.15, 0.2) is 36.5 Å². The van der Waals surface area contributed by atoms with E-state index >= 15 is 0 Å². The normalized spacial score (nSPS) is 22.2. The number of alkyl halides is 1. The van der Waals surface area contributed by atoms with Crippen molar-refractivity contribution in [3.8, 4) is 0 Å². The third-order valence-corrected chi connectivity index (χ3v) is 5.26. The van der Waals surface area contributed by atoms with Gasteiger partial charge in [-0.15, -0.1) is 11.6 Å². The number of nitrogens with zero attached hydrogens (tertiary/aromatic N) is 1. The van der Waals surface area contributed by atoms with Crippen molar-refractivity contribution in [3.05, 3.63) is 53.2 Å². The lowest BCUT2D eigenvalue weighted by atomic mass is 9.79. The van der Waals surface area contributed by atoms with Crippen molar-refractivity contribution in [1.82, 2.24) is 4.98 Å². The van der Waals surface area contributed by atoms with Gasteiger partial charge in [0.15, 0.2) is 0 Å². The average molecular weight is 344 g/mol. The van der Waals surface area contributed by atoms with Crippen LogP contribution in [0.5, 0.6) is 0 Å². The standard InChI is InChI=1S/C18H18ClN3O2/c19-9-14(23)10-21-13-4-3-11-7-18(8-12(11)6-13)15-2-1-5-20-16(15)22-17(18)24/h1-6,14,21,23H,7-10H2,(H,20,22,24). The van der Waals surface area contributed by atoms with Crippen LogP contribution in [0.1, 0.15) is 16.7 Å². The molecule has 6 heteroatoms. The molecule has 2 unspecified atom stereocenters. The Balaban J connectivity index is 1.62. The maximum absolute atomic E-state index is 12.6. The largest absolute Gasteiger partial charge is 0.390 e. The molecule has 1 aromatic carbocycles. The summed E-state index contributed by atoms with van der Waals surface area (Å²) in [5, 5.41) is 15.7. The second-order valence-corrected chi connectivity index (χ2v) is 6.77. The molecule has 0 bridgehead atoms. The first-order valence-corrected chi connectivity index (χ1v) is 8.52. The third kappa shape index (κ3) is 2.36. The van der Waals surface area contributed by atoms with Crippen LogP contribution in [-0.2, 0) is 23.1 Å². The fourth-order valence-corrected chi connectivity index (χ4v) is 3.78. The number of rotatable bonds is 4. The molecule has 2 aliphatic rings. The Morgan fingerprint density at radius 1 is 1.33 bits per heavy atom. The number of fused-ring (bicyclic) bond motifs is 3. The zero-order valence-electron chi connectivity index (χ0n) is 13.1. The maximum Gasteiger partial charge on any atom is 0.237 e. The van der Waals surface area contributed by atoms with E-state index in [9.17, 15) is 9.90 Å². The number of carbonyl (C=O) groups is 1. The Morgan fingerprint density at radius 2 is 2.17 bits per heavy atom. The predicted molar refractivity (Wildman–Crippen MR) is 93.6 cm³/mol. The number of anilines is 2. The van der Waals surface area contributed by atoms with Crippen molar-refractivity contribution >= 4 is 29.0 Å². The predicted octanol–water partition coefficient (Wildman–Crippen LogP) is 2.08. The van der Waals surface area contributed by atoms with Gasteiger partial charge in [0.05, 0.1) is 17.4 Å². The first-order chi connectivity index (χ1) is 11.6. The number of hydrogen-bond acceptors (Lipinski definition) is 4. The van der Waals surface area contributed by atoms with Gasteiger partial charge in [0.1, 0.15) is 5.82 Å². The minimum absolute atomic E-state index is 0.0273. The van der Waals surface area contributed by atoms with Gasteiger partial charge in [0.2, 0.25) is 5.91 Å². The molecule has 2 atom stereocenters. The second kappa shape index (κ2) is 5.76. The van der Waals surface area contributed by atoms with E-state index in [4.69, 9.17) is 11.6 Å². The van der Waals surface area contributed by atoms with Crippen LogP contribution in [0.3, 0.4) is 0 Å². The van der Waals surface area contributed by atoms with Gasteiger partial charge in [-0.05, 0) is 42.2 Å². The van der Waals surface area contributed by atoms with Crippen molar-refractivity contribution in [2.75, 3.05) is 23.1 Å². The fourth-order valence-electron chi connectivity index (χ4n) is 3.67. The molecule has 0 saturated heterocycles. The minimum Gasteiger partial charge on any atom is -0.390 e. The average Bonchev–Trinajstić information content (AvgIpc) is 3.11. The number of hydrogen-bond donors (Lipinski definition) is 3. The molecule has 0 fully saturated rings. The molecule has 1 aliphatic heterocycles. The van der Waals surface area contributed by atoms with E-state index in [2.05, 4.69) is 27.8 Å². The van der Waals surface area contributed by atoms with Crippen molar-refractivity contribution in [2.24, 2.45) is 0 Å². The van der Waals surface area contributed by atoms with E-state index in [1.54, 1.807) is 6.20 Å². The van der Waals surface area contributed by atoms with Gasteiger partial charge in [0.25, 0.3) is 0 Å². The zero-order valence-corrected chi connectivity index (χ0v) is 13.8. The van der Waals surface area contributed by atoms with Crippen LogP contribution < -0.4 is 10.6 Å². The summed E-state index contributed by atoms with van der Waals surface area (Å²) < 4.78 is 0.